The molecular weight excluding hydrogens is 364 g/mol. The number of nitrogens with zero attached hydrogens (tertiary/aromatic N) is 1. The first-order valence-electron chi connectivity index (χ1n) is 8.93. The number of fused-ring (bicyclic) bond motifs is 2. The molecule has 0 bridgehead atoms. The molecule has 1 atom stereocenters. The molecule has 8 nitrogen and oxygen atoms in total. The van der Waals surface area contributed by atoms with Crippen LogP contribution in [0.4, 0.5) is 5.69 Å². The zero-order valence-electron chi connectivity index (χ0n) is 16.2. The van der Waals surface area contributed by atoms with Crippen LogP contribution in [0.3, 0.4) is 0 Å². The SMILES string of the molecule is CCOC(=O)C1=C(C)OC(N)=C(C(=O)OCC)[C@@]12C(=O)N(C)c1ccccc12. The molecule has 0 aliphatic carbocycles. The Morgan fingerprint density at radius 3 is 2.29 bits per heavy atom. The lowest BCUT2D eigenvalue weighted by Crippen LogP contribution is -2.50. The summed E-state index contributed by atoms with van der Waals surface area (Å²) in [6.07, 6.45) is 0. The van der Waals surface area contributed by atoms with Crippen LogP contribution in [0.5, 0.6) is 0 Å². The standard InChI is InChI=1S/C20H22N2O6/c1-5-26-17(23)14-11(3)28-16(21)15(18(24)27-6-2)20(14)12-9-7-8-10-13(12)22(4)19(20)25/h7-10H,5-6,21H2,1-4H3/t20-/m0/s1. The third kappa shape index (κ3) is 2.48. The number of ether oxygens (including phenoxy) is 3. The number of esters is 2. The summed E-state index contributed by atoms with van der Waals surface area (Å²) in [7, 11) is 1.57. The van der Waals surface area contributed by atoms with E-state index in [1.807, 2.05) is 0 Å². The zero-order valence-corrected chi connectivity index (χ0v) is 16.2. The fourth-order valence-corrected chi connectivity index (χ4v) is 3.84. The molecule has 2 heterocycles. The van der Waals surface area contributed by atoms with Crippen molar-refractivity contribution in [3.05, 3.63) is 52.6 Å². The van der Waals surface area contributed by atoms with Crippen LogP contribution in [0, 0.1) is 0 Å². The van der Waals surface area contributed by atoms with Gasteiger partial charge in [0.1, 0.15) is 22.3 Å². The number of hydrogen-bond acceptors (Lipinski definition) is 7. The smallest absolute Gasteiger partial charge is 0.341 e. The normalized spacial score (nSPS) is 21.0. The summed E-state index contributed by atoms with van der Waals surface area (Å²) in [5.41, 5.74) is 4.97. The van der Waals surface area contributed by atoms with E-state index in [1.165, 1.54) is 11.8 Å². The Kier molecular flexibility index (Phi) is 4.89. The fraction of sp³-hybridized carbons (Fsp3) is 0.350. The van der Waals surface area contributed by atoms with E-state index in [0.717, 1.165) is 0 Å². The summed E-state index contributed by atoms with van der Waals surface area (Å²) < 4.78 is 15.9. The van der Waals surface area contributed by atoms with Crippen molar-refractivity contribution in [1.29, 1.82) is 0 Å². The second-order valence-electron chi connectivity index (χ2n) is 6.34. The molecule has 2 aliphatic heterocycles. The molecule has 1 aromatic carbocycles. The van der Waals surface area contributed by atoms with E-state index < -0.39 is 23.3 Å². The van der Waals surface area contributed by atoms with Gasteiger partial charge < -0.3 is 24.8 Å². The lowest BCUT2D eigenvalue weighted by atomic mass is 9.67. The first kappa shape index (κ1) is 19.5. The molecule has 0 saturated heterocycles. The minimum atomic E-state index is -1.80. The maximum Gasteiger partial charge on any atom is 0.341 e. The van der Waals surface area contributed by atoms with E-state index in [0.29, 0.717) is 11.3 Å². The van der Waals surface area contributed by atoms with Gasteiger partial charge in [-0.3, -0.25) is 4.79 Å². The quantitative estimate of drug-likeness (QED) is 0.781. The van der Waals surface area contributed by atoms with Gasteiger partial charge in [-0.25, -0.2) is 9.59 Å². The van der Waals surface area contributed by atoms with E-state index in [2.05, 4.69) is 0 Å². The van der Waals surface area contributed by atoms with E-state index >= 15 is 0 Å². The van der Waals surface area contributed by atoms with Crippen molar-refractivity contribution >= 4 is 23.5 Å². The van der Waals surface area contributed by atoms with Crippen molar-refractivity contribution < 1.29 is 28.6 Å². The molecule has 0 saturated carbocycles. The lowest BCUT2D eigenvalue weighted by molar-refractivity contribution is -0.143. The number of anilines is 1. The van der Waals surface area contributed by atoms with Crippen molar-refractivity contribution in [2.75, 3.05) is 25.2 Å². The summed E-state index contributed by atoms with van der Waals surface area (Å²) in [5, 5.41) is 0. The van der Waals surface area contributed by atoms with Gasteiger partial charge in [0, 0.05) is 18.3 Å². The Morgan fingerprint density at radius 1 is 1.11 bits per heavy atom. The summed E-state index contributed by atoms with van der Waals surface area (Å²) >= 11 is 0. The minimum absolute atomic E-state index is 0.0643. The number of amides is 1. The predicted molar refractivity (Wildman–Crippen MR) is 99.8 cm³/mol. The number of para-hydroxylation sites is 1. The highest BCUT2D eigenvalue weighted by atomic mass is 16.5. The average Bonchev–Trinajstić information content (AvgIpc) is 2.85. The first-order chi connectivity index (χ1) is 13.3. The molecule has 3 rings (SSSR count). The number of allylic oxidation sites excluding steroid dienone is 1. The highest BCUT2D eigenvalue weighted by Crippen LogP contribution is 2.54. The molecule has 8 heteroatoms. The molecule has 1 aromatic rings. The zero-order chi connectivity index (χ0) is 20.6. The van der Waals surface area contributed by atoms with Gasteiger partial charge in [0.2, 0.25) is 11.8 Å². The van der Waals surface area contributed by atoms with Crippen LogP contribution in [0.15, 0.2) is 47.1 Å². The van der Waals surface area contributed by atoms with Crippen molar-refractivity contribution in [2.45, 2.75) is 26.2 Å². The van der Waals surface area contributed by atoms with Gasteiger partial charge in [-0.05, 0) is 26.8 Å². The Balaban J connectivity index is 2.41. The number of nitrogens with two attached hydrogens (primary N) is 1. The maximum atomic E-state index is 13.6. The van der Waals surface area contributed by atoms with Gasteiger partial charge in [-0.2, -0.15) is 0 Å². The number of benzene rings is 1. The third-order valence-corrected chi connectivity index (χ3v) is 4.87. The van der Waals surface area contributed by atoms with Crippen molar-refractivity contribution in [3.8, 4) is 0 Å². The Hall–Kier alpha value is -3.29. The van der Waals surface area contributed by atoms with Crippen LogP contribution in [-0.4, -0.2) is 38.1 Å². The molecular formula is C20H22N2O6. The van der Waals surface area contributed by atoms with Crippen LogP contribution < -0.4 is 10.6 Å². The molecule has 2 N–H and O–H groups in total. The minimum Gasteiger partial charge on any atom is -0.462 e. The van der Waals surface area contributed by atoms with Crippen molar-refractivity contribution in [3.63, 3.8) is 0 Å². The molecule has 148 valence electrons. The summed E-state index contributed by atoms with van der Waals surface area (Å²) in [6.45, 7) is 4.95. The fourth-order valence-electron chi connectivity index (χ4n) is 3.84. The monoisotopic (exact) mass is 386 g/mol. The van der Waals surface area contributed by atoms with Crippen LogP contribution in [0.2, 0.25) is 0 Å². The van der Waals surface area contributed by atoms with Gasteiger partial charge >= 0.3 is 11.9 Å². The number of carbonyl (C=O) groups excluding carboxylic acids is 3. The molecule has 28 heavy (non-hydrogen) atoms. The van der Waals surface area contributed by atoms with Crippen LogP contribution in [0.25, 0.3) is 0 Å². The third-order valence-electron chi connectivity index (χ3n) is 4.87. The highest BCUT2D eigenvalue weighted by molar-refractivity contribution is 6.22. The molecule has 0 unspecified atom stereocenters. The first-order valence-corrected chi connectivity index (χ1v) is 8.93. The van der Waals surface area contributed by atoms with Gasteiger partial charge in [-0.1, -0.05) is 18.2 Å². The molecule has 2 aliphatic rings. The predicted octanol–water partition coefficient (Wildman–Crippen LogP) is 1.50. The Morgan fingerprint density at radius 2 is 1.68 bits per heavy atom. The number of rotatable bonds is 4. The van der Waals surface area contributed by atoms with Gasteiger partial charge in [0.25, 0.3) is 0 Å². The van der Waals surface area contributed by atoms with Crippen molar-refractivity contribution in [2.24, 2.45) is 5.73 Å². The summed E-state index contributed by atoms with van der Waals surface area (Å²) in [6, 6.07) is 6.90. The van der Waals surface area contributed by atoms with E-state index in [1.54, 1.807) is 45.2 Å². The molecule has 0 radical (unpaired) electrons. The van der Waals surface area contributed by atoms with E-state index in [4.69, 9.17) is 19.9 Å². The van der Waals surface area contributed by atoms with E-state index in [9.17, 15) is 14.4 Å². The largest absolute Gasteiger partial charge is 0.462 e. The van der Waals surface area contributed by atoms with Gasteiger partial charge in [0.15, 0.2) is 0 Å². The van der Waals surface area contributed by atoms with E-state index in [-0.39, 0.29) is 36.0 Å². The number of hydrogen-bond donors (Lipinski definition) is 1. The highest BCUT2D eigenvalue weighted by Gasteiger charge is 2.63. The number of carbonyl (C=O) groups is 3. The lowest BCUT2D eigenvalue weighted by Gasteiger charge is -2.35. The molecule has 1 amide bonds. The van der Waals surface area contributed by atoms with Crippen molar-refractivity contribution in [1.82, 2.24) is 0 Å². The summed E-state index contributed by atoms with van der Waals surface area (Å²) in [5.74, 6) is -2.27. The average molecular weight is 386 g/mol. The van der Waals surface area contributed by atoms with Gasteiger partial charge in [0.05, 0.1) is 13.2 Å². The second-order valence-corrected chi connectivity index (χ2v) is 6.34. The second kappa shape index (κ2) is 7.03. The molecule has 1 spiro atoms. The summed E-state index contributed by atoms with van der Waals surface area (Å²) in [4.78, 5) is 40.8. The Bertz CT molecular complexity index is 890. The molecule has 0 aromatic heterocycles. The molecule has 0 fully saturated rings. The van der Waals surface area contributed by atoms with Gasteiger partial charge in [-0.15, -0.1) is 0 Å². The maximum absolute atomic E-state index is 13.6. The van der Waals surface area contributed by atoms with Crippen LogP contribution in [0.1, 0.15) is 26.3 Å². The topological polar surface area (TPSA) is 108 Å². The van der Waals surface area contributed by atoms with Crippen LogP contribution in [-0.2, 0) is 34.0 Å². The number of likely N-dealkylation sites (N-methyl/N-ethyl adjacent to an activating group) is 1. The van der Waals surface area contributed by atoms with Crippen LogP contribution >= 0.6 is 0 Å². The Labute approximate surface area is 162 Å².